The fourth-order valence-corrected chi connectivity index (χ4v) is 5.21. The molecule has 2 heterocycles. The summed E-state index contributed by atoms with van der Waals surface area (Å²) in [5, 5.41) is 8.36. The Hall–Kier alpha value is -4.47. The standard InChI is InChI=1S/C33H42N6O4/c1-23(2)29-33(43)34-18-11-20-38(19-10-16-27(40)36-24(3)32(42)37-29)28(41)17-21-39-22-35-30(25-12-6-4-7-13-25)31(39)26-14-8-5-9-15-26/h4-9,12-15,22-24,29H,10-11,16-21H2,1-3H3,(H,34,43)(H,36,40)(H,37,42)/t24-,29-/m1/s1. The first-order valence-electron chi connectivity index (χ1n) is 15.1. The average Bonchev–Trinajstić information content (AvgIpc) is 3.43. The van der Waals surface area contributed by atoms with E-state index < -0.39 is 18.0 Å². The van der Waals surface area contributed by atoms with Gasteiger partial charge in [-0.2, -0.15) is 0 Å². The van der Waals surface area contributed by atoms with Crippen LogP contribution in [0.15, 0.2) is 67.0 Å². The Morgan fingerprint density at radius 2 is 1.56 bits per heavy atom. The van der Waals surface area contributed by atoms with E-state index in [-0.39, 0.29) is 36.5 Å². The molecule has 0 radical (unpaired) electrons. The number of carbonyl (C=O) groups is 4. The molecule has 3 aromatic rings. The van der Waals surface area contributed by atoms with Crippen molar-refractivity contribution in [1.29, 1.82) is 0 Å². The van der Waals surface area contributed by atoms with Gasteiger partial charge in [-0.15, -0.1) is 0 Å². The first-order valence-corrected chi connectivity index (χ1v) is 15.1. The van der Waals surface area contributed by atoms with Crippen molar-refractivity contribution in [2.24, 2.45) is 5.92 Å². The first-order chi connectivity index (χ1) is 20.7. The van der Waals surface area contributed by atoms with Gasteiger partial charge in [0.1, 0.15) is 12.1 Å². The number of imidazole rings is 1. The summed E-state index contributed by atoms with van der Waals surface area (Å²) in [5.74, 6) is -1.12. The summed E-state index contributed by atoms with van der Waals surface area (Å²) < 4.78 is 2.02. The summed E-state index contributed by atoms with van der Waals surface area (Å²) in [6.07, 6.45) is 3.24. The number of hydrogen-bond acceptors (Lipinski definition) is 5. The number of hydrogen-bond donors (Lipinski definition) is 3. The molecule has 1 saturated heterocycles. The third-order valence-corrected chi connectivity index (χ3v) is 7.61. The van der Waals surface area contributed by atoms with Gasteiger partial charge in [-0.3, -0.25) is 19.2 Å². The van der Waals surface area contributed by atoms with E-state index in [0.717, 1.165) is 22.5 Å². The number of amides is 4. The van der Waals surface area contributed by atoms with Crippen LogP contribution < -0.4 is 16.0 Å². The van der Waals surface area contributed by atoms with Gasteiger partial charge in [0.2, 0.25) is 23.6 Å². The van der Waals surface area contributed by atoms with E-state index in [1.54, 1.807) is 18.2 Å². The van der Waals surface area contributed by atoms with Crippen molar-refractivity contribution in [3.63, 3.8) is 0 Å². The van der Waals surface area contributed by atoms with E-state index in [9.17, 15) is 19.2 Å². The van der Waals surface area contributed by atoms with Crippen molar-refractivity contribution in [3.8, 4) is 22.5 Å². The average molecular weight is 587 g/mol. The highest BCUT2D eigenvalue weighted by atomic mass is 16.2. The van der Waals surface area contributed by atoms with Crippen LogP contribution in [0.25, 0.3) is 22.5 Å². The minimum absolute atomic E-state index is 0.0321. The maximum absolute atomic E-state index is 13.5. The number of carbonyl (C=O) groups excluding carboxylic acids is 4. The number of nitrogens with one attached hydrogen (secondary N) is 3. The van der Waals surface area contributed by atoms with Gasteiger partial charge in [-0.05, 0) is 25.7 Å². The highest BCUT2D eigenvalue weighted by molar-refractivity contribution is 5.92. The summed E-state index contributed by atoms with van der Waals surface area (Å²) in [4.78, 5) is 58.0. The maximum Gasteiger partial charge on any atom is 0.242 e. The van der Waals surface area contributed by atoms with Crippen molar-refractivity contribution in [2.75, 3.05) is 19.6 Å². The second-order valence-electron chi connectivity index (χ2n) is 11.3. The zero-order valence-corrected chi connectivity index (χ0v) is 25.2. The van der Waals surface area contributed by atoms with Crippen LogP contribution in [0.2, 0.25) is 0 Å². The van der Waals surface area contributed by atoms with Gasteiger partial charge in [0.15, 0.2) is 0 Å². The maximum atomic E-state index is 13.5. The van der Waals surface area contributed by atoms with Crippen LogP contribution in [0.4, 0.5) is 0 Å². The van der Waals surface area contributed by atoms with Crippen LogP contribution in [-0.4, -0.2) is 69.8 Å². The lowest BCUT2D eigenvalue weighted by Gasteiger charge is -2.24. The van der Waals surface area contributed by atoms with E-state index in [4.69, 9.17) is 4.98 Å². The zero-order chi connectivity index (χ0) is 30.8. The minimum Gasteiger partial charge on any atom is -0.354 e. The van der Waals surface area contributed by atoms with Gasteiger partial charge in [-0.1, -0.05) is 74.5 Å². The van der Waals surface area contributed by atoms with E-state index in [2.05, 4.69) is 16.0 Å². The SMILES string of the molecule is CC(C)[C@H]1NC(=O)[C@@H](C)NC(=O)CCCN(C(=O)CCn2cnc(-c3ccccc3)c2-c2ccccc2)CCCNC1=O. The van der Waals surface area contributed by atoms with Crippen molar-refractivity contribution in [1.82, 2.24) is 30.4 Å². The Labute approximate surface area is 253 Å². The quantitative estimate of drug-likeness (QED) is 0.409. The highest BCUT2D eigenvalue weighted by Crippen LogP contribution is 2.31. The second kappa shape index (κ2) is 15.1. The molecular formula is C33H42N6O4. The molecule has 0 unspecified atom stereocenters. The van der Waals surface area contributed by atoms with Gasteiger partial charge in [0.25, 0.3) is 0 Å². The summed E-state index contributed by atoms with van der Waals surface area (Å²) in [6, 6.07) is 18.5. The molecule has 0 spiro atoms. The molecule has 228 valence electrons. The molecule has 10 heteroatoms. The van der Waals surface area contributed by atoms with E-state index in [1.807, 2.05) is 79.1 Å². The smallest absolute Gasteiger partial charge is 0.242 e. The third kappa shape index (κ3) is 8.53. The second-order valence-corrected chi connectivity index (χ2v) is 11.3. The Morgan fingerprint density at radius 1 is 0.907 bits per heavy atom. The topological polar surface area (TPSA) is 125 Å². The van der Waals surface area contributed by atoms with Crippen LogP contribution in [0.3, 0.4) is 0 Å². The number of aryl methyl sites for hydroxylation is 1. The number of nitrogens with zero attached hydrogens (tertiary/aromatic N) is 3. The molecule has 2 aromatic carbocycles. The highest BCUT2D eigenvalue weighted by Gasteiger charge is 2.27. The molecule has 0 aliphatic carbocycles. The van der Waals surface area contributed by atoms with E-state index in [0.29, 0.717) is 39.0 Å². The lowest BCUT2D eigenvalue weighted by atomic mass is 10.0. The largest absolute Gasteiger partial charge is 0.354 e. The predicted molar refractivity (Wildman–Crippen MR) is 166 cm³/mol. The molecule has 10 nitrogen and oxygen atoms in total. The molecule has 1 aliphatic heterocycles. The van der Waals surface area contributed by atoms with Crippen molar-refractivity contribution in [2.45, 2.75) is 65.1 Å². The third-order valence-electron chi connectivity index (χ3n) is 7.61. The summed E-state index contributed by atoms with van der Waals surface area (Å²) in [5.41, 5.74) is 3.83. The Morgan fingerprint density at radius 3 is 2.23 bits per heavy atom. The Bertz CT molecular complexity index is 1390. The molecule has 1 aromatic heterocycles. The van der Waals surface area contributed by atoms with Crippen LogP contribution in [0, 0.1) is 5.92 Å². The van der Waals surface area contributed by atoms with Crippen LogP contribution >= 0.6 is 0 Å². The lowest BCUT2D eigenvalue weighted by molar-refractivity contribution is -0.132. The van der Waals surface area contributed by atoms with Crippen molar-refractivity contribution < 1.29 is 19.2 Å². The summed E-state index contributed by atoms with van der Waals surface area (Å²) in [7, 11) is 0. The van der Waals surface area contributed by atoms with Crippen LogP contribution in [0.5, 0.6) is 0 Å². The molecule has 1 fully saturated rings. The van der Waals surface area contributed by atoms with Gasteiger partial charge in [-0.25, -0.2) is 4.98 Å². The molecule has 43 heavy (non-hydrogen) atoms. The van der Waals surface area contributed by atoms with Crippen LogP contribution in [0.1, 0.15) is 46.5 Å². The molecular weight excluding hydrogens is 544 g/mol. The molecule has 3 N–H and O–H groups in total. The number of aromatic nitrogens is 2. The van der Waals surface area contributed by atoms with Gasteiger partial charge < -0.3 is 25.4 Å². The predicted octanol–water partition coefficient (Wildman–Crippen LogP) is 3.38. The lowest BCUT2D eigenvalue weighted by Crippen LogP contribution is -2.54. The molecule has 0 saturated carbocycles. The molecule has 4 rings (SSSR count). The molecule has 1 aliphatic rings. The number of rotatable bonds is 6. The Balaban J connectivity index is 1.47. The van der Waals surface area contributed by atoms with Gasteiger partial charge in [0, 0.05) is 50.1 Å². The number of benzene rings is 2. The fourth-order valence-electron chi connectivity index (χ4n) is 5.21. The van der Waals surface area contributed by atoms with Crippen molar-refractivity contribution >= 4 is 23.6 Å². The molecule has 0 bridgehead atoms. The minimum atomic E-state index is -0.779. The fraction of sp³-hybridized carbons (Fsp3) is 0.424. The molecule has 4 amide bonds. The van der Waals surface area contributed by atoms with Crippen molar-refractivity contribution in [3.05, 3.63) is 67.0 Å². The molecule has 2 atom stereocenters. The van der Waals surface area contributed by atoms with Gasteiger partial charge >= 0.3 is 0 Å². The summed E-state index contributed by atoms with van der Waals surface area (Å²) in [6.45, 7) is 6.97. The van der Waals surface area contributed by atoms with E-state index in [1.165, 1.54) is 0 Å². The van der Waals surface area contributed by atoms with Gasteiger partial charge in [0.05, 0.1) is 17.7 Å². The summed E-state index contributed by atoms with van der Waals surface area (Å²) >= 11 is 0. The van der Waals surface area contributed by atoms with Crippen LogP contribution in [-0.2, 0) is 25.7 Å². The normalized spacial score (nSPS) is 19.2. The zero-order valence-electron chi connectivity index (χ0n) is 25.2. The Kier molecular flexibility index (Phi) is 11.1. The first kappa shape index (κ1) is 31.5. The van der Waals surface area contributed by atoms with E-state index >= 15 is 0 Å². The monoisotopic (exact) mass is 586 g/mol.